The van der Waals surface area contributed by atoms with E-state index >= 15 is 0 Å². The van der Waals surface area contributed by atoms with Crippen molar-refractivity contribution >= 4 is 60.4 Å². The van der Waals surface area contributed by atoms with Crippen molar-refractivity contribution in [2.45, 2.75) is 138 Å². The molecule has 6 aliphatic carbocycles. The first kappa shape index (κ1) is 57.4. The van der Waals surface area contributed by atoms with E-state index in [1.807, 2.05) is 65.6 Å². The van der Waals surface area contributed by atoms with Crippen LogP contribution in [0.3, 0.4) is 0 Å². The monoisotopic (exact) mass is 1100 g/mol. The molecule has 4 saturated carbocycles. The maximum atomic E-state index is 13.3. The van der Waals surface area contributed by atoms with Gasteiger partial charge in [0.15, 0.2) is 6.29 Å². The van der Waals surface area contributed by atoms with Crippen LogP contribution in [0.2, 0.25) is 0 Å². The maximum Gasteiger partial charge on any atom is 0.240 e. The van der Waals surface area contributed by atoms with E-state index in [4.69, 9.17) is 14.6 Å². The van der Waals surface area contributed by atoms with E-state index in [0.717, 1.165) is 66.0 Å². The van der Waals surface area contributed by atoms with Crippen molar-refractivity contribution in [3.05, 3.63) is 130 Å². The molecule has 0 spiro atoms. The number of carbonyl (C=O) groups excluding carboxylic acids is 3. The Kier molecular flexibility index (Phi) is 18.4. The number of benzene rings is 4. The lowest BCUT2D eigenvalue weighted by Gasteiger charge is -2.39. The molecule has 3 N–H and O–H groups in total. The van der Waals surface area contributed by atoms with E-state index in [-0.39, 0.29) is 60.1 Å². The van der Waals surface area contributed by atoms with Crippen LogP contribution in [0.1, 0.15) is 125 Å². The highest BCUT2D eigenvalue weighted by molar-refractivity contribution is 7.89. The lowest BCUT2D eigenvalue weighted by atomic mass is 9.85. The number of hydrogen-bond acceptors (Lipinski definition) is 10. The lowest BCUT2D eigenvalue weighted by molar-refractivity contribution is -0.147. The fraction of sp³-hybridized carbons (Fsp3) is 0.500. The number of hydrogen-bond donors (Lipinski definition) is 3. The zero-order valence-electron chi connectivity index (χ0n) is 44.4. The van der Waals surface area contributed by atoms with Crippen LogP contribution in [0.15, 0.2) is 107 Å². The third-order valence-electron chi connectivity index (χ3n) is 17.4. The zero-order valence-corrected chi connectivity index (χ0v) is 46.0. The number of aliphatic hydroxyl groups is 1. The Morgan fingerprint density at radius 2 is 0.974 bits per heavy atom. The fourth-order valence-electron chi connectivity index (χ4n) is 12.8. The molecule has 16 heteroatoms. The minimum Gasteiger partial charge on any atom is -0.400 e. The first-order chi connectivity index (χ1) is 37.3. The first-order valence-electron chi connectivity index (χ1n) is 27.9. The average Bonchev–Trinajstić information content (AvgIpc) is 4.52. The summed E-state index contributed by atoms with van der Waals surface area (Å²) in [6.45, 7) is 5.98. The summed E-state index contributed by atoms with van der Waals surface area (Å²) < 4.78 is 70.4. The smallest absolute Gasteiger partial charge is 0.240 e. The molecule has 0 bridgehead atoms. The second-order valence-corrected chi connectivity index (χ2v) is 25.6. The maximum absolute atomic E-state index is 13.3. The van der Waals surface area contributed by atoms with Gasteiger partial charge < -0.3 is 24.4 Å². The Morgan fingerprint density at radius 3 is 1.41 bits per heavy atom. The number of nitrogens with one attached hydrogen (secondary N) is 2. The van der Waals surface area contributed by atoms with Crippen molar-refractivity contribution in [3.63, 3.8) is 0 Å². The molecule has 0 unspecified atom stereocenters. The van der Waals surface area contributed by atoms with Gasteiger partial charge in [0.25, 0.3) is 0 Å². The Bertz CT molecular complexity index is 3090. The van der Waals surface area contributed by atoms with Crippen molar-refractivity contribution in [2.75, 3.05) is 46.6 Å². The molecule has 6 fully saturated rings. The molecule has 2 aliphatic heterocycles. The number of amides is 2. The van der Waals surface area contributed by atoms with Crippen LogP contribution in [0.25, 0.3) is 22.3 Å². The van der Waals surface area contributed by atoms with Gasteiger partial charge >= 0.3 is 0 Å². The molecule has 4 aromatic rings. The summed E-state index contributed by atoms with van der Waals surface area (Å²) >= 11 is 0. The van der Waals surface area contributed by atoms with E-state index < -0.39 is 20.0 Å². The molecule has 418 valence electrons. The van der Waals surface area contributed by atoms with Gasteiger partial charge in [0.1, 0.15) is 0 Å². The van der Waals surface area contributed by atoms with Gasteiger partial charge in [-0.2, -0.15) is 0 Å². The highest BCUT2D eigenvalue weighted by Gasteiger charge is 2.43. The summed E-state index contributed by atoms with van der Waals surface area (Å²) in [5.41, 5.74) is 10.00. The highest BCUT2D eigenvalue weighted by Crippen LogP contribution is 2.42. The summed E-state index contributed by atoms with van der Waals surface area (Å²) in [6, 6.07) is 30.7. The van der Waals surface area contributed by atoms with Crippen LogP contribution in [0.4, 0.5) is 0 Å². The summed E-state index contributed by atoms with van der Waals surface area (Å²) in [5, 5.41) is 7.00. The molecular formula is C62H78N4O10S2. The molecular weight excluding hydrogens is 1020 g/mol. The van der Waals surface area contributed by atoms with Crippen LogP contribution in [-0.2, 0) is 56.7 Å². The summed E-state index contributed by atoms with van der Waals surface area (Å²) in [6.07, 6.45) is 12.4. The predicted octanol–water partition coefficient (Wildman–Crippen LogP) is 8.72. The van der Waals surface area contributed by atoms with E-state index in [2.05, 4.69) is 33.4 Å². The Morgan fingerprint density at radius 1 is 0.564 bits per heavy atom. The van der Waals surface area contributed by atoms with E-state index in [9.17, 15) is 31.2 Å². The van der Waals surface area contributed by atoms with Crippen LogP contribution in [0, 0.1) is 23.7 Å². The van der Waals surface area contributed by atoms with Gasteiger partial charge in [0.2, 0.25) is 31.9 Å². The number of fused-ring (bicyclic) bond motifs is 2. The van der Waals surface area contributed by atoms with E-state index in [1.165, 1.54) is 42.4 Å². The van der Waals surface area contributed by atoms with Crippen LogP contribution in [-0.4, -0.2) is 121 Å². The number of rotatable bonds is 13. The Balaban J connectivity index is 0.000000182. The SMILES string of the molecule is C.CC1=C(c2ccccc2)Cc2cc(S(=O)(=O)NC3CCC(C(=O)N4CCOC[C@@H]4C4CC4)CC3)ccc21.CO.O=CC1=C(c2ccccc2)Cc2cc(S(=O)(=O)NC3CCC(C(=O)N4CCOC[C@@H]4C4CC4)CC3)ccc21. The number of allylic oxidation sites excluding steroid dienone is 4. The first-order valence-corrected chi connectivity index (χ1v) is 30.8. The normalized spacial score (nSPS) is 25.1. The van der Waals surface area contributed by atoms with Gasteiger partial charge in [0, 0.05) is 49.7 Å². The molecule has 0 radical (unpaired) electrons. The minimum atomic E-state index is -3.73. The predicted molar refractivity (Wildman–Crippen MR) is 304 cm³/mol. The number of aldehydes is 1. The molecule has 2 amide bonds. The number of ether oxygens (including phenoxy) is 2. The largest absolute Gasteiger partial charge is 0.400 e. The summed E-state index contributed by atoms with van der Waals surface area (Å²) in [4.78, 5) is 43.2. The molecule has 14 nitrogen and oxygen atoms in total. The second-order valence-electron chi connectivity index (χ2n) is 22.2. The molecule has 4 aromatic carbocycles. The molecule has 78 heavy (non-hydrogen) atoms. The number of nitrogens with zero attached hydrogens (tertiary/aromatic N) is 2. The van der Waals surface area contributed by atoms with Crippen molar-refractivity contribution in [3.8, 4) is 0 Å². The van der Waals surface area contributed by atoms with Gasteiger partial charge in [-0.3, -0.25) is 14.4 Å². The molecule has 8 aliphatic rings. The zero-order chi connectivity index (χ0) is 53.8. The topological polar surface area (TPSA) is 189 Å². The molecule has 2 heterocycles. The minimum absolute atomic E-state index is 0. The van der Waals surface area contributed by atoms with Crippen molar-refractivity contribution < 1.29 is 45.8 Å². The highest BCUT2D eigenvalue weighted by atomic mass is 32.2. The third-order valence-corrected chi connectivity index (χ3v) is 20.4. The summed E-state index contributed by atoms with van der Waals surface area (Å²) in [7, 11) is -6.36. The molecule has 2 atom stereocenters. The Labute approximate surface area is 462 Å². The van der Waals surface area contributed by atoms with Crippen molar-refractivity contribution in [1.29, 1.82) is 0 Å². The van der Waals surface area contributed by atoms with E-state index in [0.29, 0.717) is 107 Å². The van der Waals surface area contributed by atoms with Crippen LogP contribution < -0.4 is 9.44 Å². The standard InChI is InChI=1S/C30H34N2O5S.C30H36N2O4S.CH4O.CH4/c33-18-28-26-13-12-25(16-23(26)17-27(28)20-4-2-1-3-5-20)38(35,36)31-24-10-8-22(9-11-24)30(34)32-14-15-37-19-29(32)21-6-7-21;1-20-27-14-13-26(17-24(27)18-28(20)21-5-3-2-4-6-21)37(34,35)31-25-11-9-23(10-12-25)30(33)32-15-16-36-19-29(32)22-7-8-22;1-2;/h1-5,12-13,16,18,21-22,24,29,31H,6-11,14-15,17,19H2;2-6,13-14,17,22-23,25,29,31H,7-12,15-16,18-19H2,1H3;2H,1H3;1H4/t22?,24?,29-;23?,25?,29-;;/m11../s1. The van der Waals surface area contributed by atoms with Crippen LogP contribution >= 0.6 is 0 Å². The number of morpholine rings is 2. The number of aliphatic hydroxyl groups excluding tert-OH is 1. The molecule has 12 rings (SSSR count). The van der Waals surface area contributed by atoms with Crippen molar-refractivity contribution in [2.24, 2.45) is 23.7 Å². The van der Waals surface area contributed by atoms with Gasteiger partial charge in [0.05, 0.1) is 48.3 Å². The molecule has 0 aromatic heterocycles. The second kappa shape index (κ2) is 25.0. The van der Waals surface area contributed by atoms with Crippen LogP contribution in [0.5, 0.6) is 0 Å². The van der Waals surface area contributed by atoms with Gasteiger partial charge in [-0.1, -0.05) is 80.2 Å². The van der Waals surface area contributed by atoms with Crippen molar-refractivity contribution in [1.82, 2.24) is 19.2 Å². The average molecular weight is 1100 g/mol. The Hall–Kier alpha value is -5.33. The third kappa shape index (κ3) is 12.7. The quantitative estimate of drug-likeness (QED) is 0.109. The van der Waals surface area contributed by atoms with Gasteiger partial charge in [-0.05, 0) is 183 Å². The van der Waals surface area contributed by atoms with E-state index in [1.54, 1.807) is 24.3 Å². The summed E-state index contributed by atoms with van der Waals surface area (Å²) in [5.74, 6) is 1.60. The number of sulfonamides is 2. The fourth-order valence-corrected chi connectivity index (χ4v) is 15.5. The van der Waals surface area contributed by atoms with Gasteiger partial charge in [-0.25, -0.2) is 26.3 Å². The number of carbonyl (C=O) groups is 3. The van der Waals surface area contributed by atoms with Gasteiger partial charge in [-0.15, -0.1) is 0 Å². The molecule has 2 saturated heterocycles. The lowest BCUT2D eigenvalue weighted by Crippen LogP contribution is -2.52.